The first kappa shape index (κ1) is 16.6. The summed E-state index contributed by atoms with van der Waals surface area (Å²) in [6.45, 7) is 7.22. The highest BCUT2D eigenvalue weighted by Crippen LogP contribution is 2.09. The minimum Gasteiger partial charge on any atom is -0.301 e. The number of hydrogen-bond donors (Lipinski definition) is 0. The number of nitrogens with zero attached hydrogens (tertiary/aromatic N) is 2. The van der Waals surface area contributed by atoms with Crippen LogP contribution >= 0.6 is 0 Å². The maximum atomic E-state index is 11.7. The van der Waals surface area contributed by atoms with Crippen LogP contribution < -0.4 is 0 Å². The summed E-state index contributed by atoms with van der Waals surface area (Å²) in [5.74, 6) is 0.455. The molecule has 1 heterocycles. The van der Waals surface area contributed by atoms with Gasteiger partial charge in [-0.3, -0.25) is 0 Å². The number of carbonyl (C=O) groups is 1. The molecule has 0 amide bonds. The van der Waals surface area contributed by atoms with Crippen LogP contribution in [0.5, 0.6) is 0 Å². The Labute approximate surface area is 117 Å². The van der Waals surface area contributed by atoms with Crippen LogP contribution in [0.25, 0.3) is 0 Å². The number of sulfonamides is 1. The van der Waals surface area contributed by atoms with Crippen molar-refractivity contribution in [2.45, 2.75) is 39.5 Å². The summed E-state index contributed by atoms with van der Waals surface area (Å²) in [4.78, 5) is 13.1. The van der Waals surface area contributed by atoms with Crippen LogP contribution in [-0.2, 0) is 14.8 Å². The molecule has 19 heavy (non-hydrogen) atoms. The van der Waals surface area contributed by atoms with Crippen molar-refractivity contribution in [3.05, 3.63) is 0 Å². The monoisotopic (exact) mass is 290 g/mol. The van der Waals surface area contributed by atoms with E-state index in [-0.39, 0.29) is 11.5 Å². The lowest BCUT2D eigenvalue weighted by Crippen LogP contribution is -2.49. The molecule has 0 radical (unpaired) electrons. The molecule has 0 aromatic rings. The smallest absolute Gasteiger partial charge is 0.213 e. The number of rotatable bonds is 8. The van der Waals surface area contributed by atoms with Gasteiger partial charge in [-0.15, -0.1) is 0 Å². The first-order valence-electron chi connectivity index (χ1n) is 7.15. The molecular formula is C13H26N2O3S. The Bertz CT molecular complexity index is 373. The third-order valence-corrected chi connectivity index (χ3v) is 5.47. The molecule has 0 unspecified atom stereocenters. The fourth-order valence-corrected chi connectivity index (χ4v) is 3.38. The van der Waals surface area contributed by atoms with E-state index in [9.17, 15) is 13.2 Å². The summed E-state index contributed by atoms with van der Waals surface area (Å²) in [7, 11) is -3.01. The topological polar surface area (TPSA) is 57.7 Å². The second kappa shape index (κ2) is 7.97. The summed E-state index contributed by atoms with van der Waals surface area (Å²) >= 11 is 0. The average molecular weight is 290 g/mol. The van der Waals surface area contributed by atoms with E-state index < -0.39 is 10.0 Å². The molecule has 0 aromatic carbocycles. The molecule has 0 aromatic heterocycles. The molecule has 6 heteroatoms. The number of hydrogen-bond acceptors (Lipinski definition) is 4. The van der Waals surface area contributed by atoms with Crippen molar-refractivity contribution in [2.24, 2.45) is 0 Å². The molecule has 0 spiro atoms. The number of piperazine rings is 1. The SMILES string of the molecule is CCS(=O)(=O)N1CCN(CCCCCC(C)=O)CC1. The van der Waals surface area contributed by atoms with Crippen LogP contribution in [0.2, 0.25) is 0 Å². The summed E-state index contributed by atoms with van der Waals surface area (Å²) in [6.07, 6.45) is 3.82. The highest BCUT2D eigenvalue weighted by Gasteiger charge is 2.24. The fraction of sp³-hybridized carbons (Fsp3) is 0.923. The van der Waals surface area contributed by atoms with Crippen molar-refractivity contribution in [2.75, 3.05) is 38.5 Å². The van der Waals surface area contributed by atoms with Crippen molar-refractivity contribution in [3.8, 4) is 0 Å². The Morgan fingerprint density at radius 2 is 1.68 bits per heavy atom. The van der Waals surface area contributed by atoms with Gasteiger partial charge in [0.1, 0.15) is 5.78 Å². The van der Waals surface area contributed by atoms with Crippen LogP contribution in [0.1, 0.15) is 39.5 Å². The molecule has 0 saturated carbocycles. The zero-order valence-corrected chi connectivity index (χ0v) is 12.9. The number of ketones is 1. The lowest BCUT2D eigenvalue weighted by Gasteiger charge is -2.33. The maximum Gasteiger partial charge on any atom is 0.213 e. The quantitative estimate of drug-likeness (QED) is 0.628. The Balaban J connectivity index is 2.15. The molecule has 1 saturated heterocycles. The van der Waals surface area contributed by atoms with Crippen molar-refractivity contribution < 1.29 is 13.2 Å². The average Bonchev–Trinajstić information content (AvgIpc) is 2.38. The van der Waals surface area contributed by atoms with E-state index in [2.05, 4.69) is 4.90 Å². The van der Waals surface area contributed by atoms with E-state index in [1.165, 1.54) is 0 Å². The van der Waals surface area contributed by atoms with Crippen LogP contribution in [0.15, 0.2) is 0 Å². The molecule has 1 aliphatic rings. The molecule has 0 atom stereocenters. The summed E-state index contributed by atoms with van der Waals surface area (Å²) in [5, 5.41) is 0. The maximum absolute atomic E-state index is 11.7. The number of carbonyl (C=O) groups excluding carboxylic acids is 1. The molecule has 1 aliphatic heterocycles. The van der Waals surface area contributed by atoms with Crippen LogP contribution in [-0.4, -0.2) is 61.9 Å². The molecule has 112 valence electrons. The third-order valence-electron chi connectivity index (χ3n) is 3.59. The van der Waals surface area contributed by atoms with E-state index in [0.717, 1.165) is 38.9 Å². The Kier molecular flexibility index (Phi) is 6.96. The van der Waals surface area contributed by atoms with Gasteiger partial charge >= 0.3 is 0 Å². The standard InChI is InChI=1S/C13H26N2O3S/c1-3-19(17,18)15-11-9-14(10-12-15)8-6-4-5-7-13(2)16/h3-12H2,1-2H3. The third kappa shape index (κ3) is 6.01. The summed E-state index contributed by atoms with van der Waals surface area (Å²) in [6, 6.07) is 0. The lowest BCUT2D eigenvalue weighted by molar-refractivity contribution is -0.117. The molecular weight excluding hydrogens is 264 g/mol. The van der Waals surface area contributed by atoms with Crippen molar-refractivity contribution >= 4 is 15.8 Å². The zero-order valence-electron chi connectivity index (χ0n) is 12.1. The molecule has 1 fully saturated rings. The van der Waals surface area contributed by atoms with E-state index in [4.69, 9.17) is 0 Å². The van der Waals surface area contributed by atoms with Gasteiger partial charge in [0.05, 0.1) is 5.75 Å². The van der Waals surface area contributed by atoms with Crippen molar-refractivity contribution in [1.82, 2.24) is 9.21 Å². The largest absolute Gasteiger partial charge is 0.301 e. The van der Waals surface area contributed by atoms with Gasteiger partial charge in [0.25, 0.3) is 0 Å². The highest BCUT2D eigenvalue weighted by atomic mass is 32.2. The fourth-order valence-electron chi connectivity index (χ4n) is 2.30. The number of Topliss-reactive ketones (excluding diaryl/α,β-unsaturated/α-hetero) is 1. The van der Waals surface area contributed by atoms with E-state index in [1.807, 2.05) is 0 Å². The summed E-state index contributed by atoms with van der Waals surface area (Å²) < 4.78 is 25.0. The van der Waals surface area contributed by atoms with Gasteiger partial charge in [-0.1, -0.05) is 6.42 Å². The van der Waals surface area contributed by atoms with E-state index in [0.29, 0.717) is 19.5 Å². The van der Waals surface area contributed by atoms with Crippen molar-refractivity contribution in [3.63, 3.8) is 0 Å². The zero-order chi connectivity index (χ0) is 14.3. The molecule has 5 nitrogen and oxygen atoms in total. The van der Waals surface area contributed by atoms with Crippen molar-refractivity contribution in [1.29, 1.82) is 0 Å². The minimum absolute atomic E-state index is 0.193. The highest BCUT2D eigenvalue weighted by molar-refractivity contribution is 7.89. The van der Waals surface area contributed by atoms with Gasteiger partial charge in [-0.2, -0.15) is 4.31 Å². The molecule has 0 bridgehead atoms. The van der Waals surface area contributed by atoms with E-state index in [1.54, 1.807) is 18.2 Å². The van der Waals surface area contributed by atoms with Gasteiger partial charge in [0.2, 0.25) is 10.0 Å². The van der Waals surface area contributed by atoms with Gasteiger partial charge in [-0.25, -0.2) is 8.42 Å². The van der Waals surface area contributed by atoms with Crippen LogP contribution in [0.4, 0.5) is 0 Å². The minimum atomic E-state index is -3.01. The molecule has 0 N–H and O–H groups in total. The second-order valence-electron chi connectivity index (χ2n) is 5.15. The van der Waals surface area contributed by atoms with Gasteiger partial charge < -0.3 is 9.69 Å². The number of unbranched alkanes of at least 4 members (excludes halogenated alkanes) is 2. The normalized spacial score (nSPS) is 18.6. The van der Waals surface area contributed by atoms with Gasteiger partial charge in [0, 0.05) is 32.6 Å². The van der Waals surface area contributed by atoms with Gasteiger partial charge in [-0.05, 0) is 33.2 Å². The lowest BCUT2D eigenvalue weighted by atomic mass is 10.1. The van der Waals surface area contributed by atoms with Gasteiger partial charge in [0.15, 0.2) is 0 Å². The Morgan fingerprint density at radius 3 is 2.21 bits per heavy atom. The predicted octanol–water partition coefficient (Wildman–Crippen LogP) is 1.10. The van der Waals surface area contributed by atoms with Crippen LogP contribution in [0, 0.1) is 0 Å². The first-order chi connectivity index (χ1) is 8.95. The predicted molar refractivity (Wildman–Crippen MR) is 76.6 cm³/mol. The first-order valence-corrected chi connectivity index (χ1v) is 8.76. The Hall–Kier alpha value is -0.460. The molecule has 1 rings (SSSR count). The van der Waals surface area contributed by atoms with Crippen LogP contribution in [0.3, 0.4) is 0 Å². The molecule has 0 aliphatic carbocycles. The second-order valence-corrected chi connectivity index (χ2v) is 7.41. The summed E-state index contributed by atoms with van der Waals surface area (Å²) in [5.41, 5.74) is 0. The van der Waals surface area contributed by atoms with E-state index >= 15 is 0 Å². The Morgan fingerprint density at radius 1 is 1.05 bits per heavy atom.